The van der Waals surface area contributed by atoms with Gasteiger partial charge >= 0.3 is 0 Å². The van der Waals surface area contributed by atoms with Crippen LogP contribution in [0.25, 0.3) is 0 Å². The highest BCUT2D eigenvalue weighted by molar-refractivity contribution is 8.01. The van der Waals surface area contributed by atoms with Gasteiger partial charge in [-0.05, 0) is 12.1 Å². The molecule has 2 amide bonds. The zero-order valence-corrected chi connectivity index (χ0v) is 15.7. The quantitative estimate of drug-likeness (QED) is 0.437. The lowest BCUT2D eigenvalue weighted by molar-refractivity contribution is -0.118. The number of carbonyl (C=O) groups is 2. The van der Waals surface area contributed by atoms with Crippen LogP contribution in [0.15, 0.2) is 46.2 Å². The number of aromatic nitrogens is 3. The Hall–Kier alpha value is -2.50. The van der Waals surface area contributed by atoms with Crippen LogP contribution >= 0.6 is 34.4 Å². The van der Waals surface area contributed by atoms with Gasteiger partial charge in [0, 0.05) is 11.6 Å². The lowest BCUT2D eigenvalue weighted by atomic mass is 10.3. The zero-order valence-electron chi connectivity index (χ0n) is 13.2. The van der Waals surface area contributed by atoms with Gasteiger partial charge in [0.1, 0.15) is 5.75 Å². The third-order valence-electron chi connectivity index (χ3n) is 2.77. The molecule has 0 aliphatic heterocycles. The van der Waals surface area contributed by atoms with Gasteiger partial charge < -0.3 is 10.1 Å². The SMILES string of the molecule is O=C(CSc1nnc(NC(=O)COc2ccccc2)s1)Nc1nccs1. The normalized spacial score (nSPS) is 10.3. The molecule has 0 spiro atoms. The van der Waals surface area contributed by atoms with Gasteiger partial charge in [0.05, 0.1) is 5.75 Å². The van der Waals surface area contributed by atoms with Gasteiger partial charge in [0.15, 0.2) is 16.1 Å². The molecule has 0 aliphatic rings. The summed E-state index contributed by atoms with van der Waals surface area (Å²) in [5.74, 6) is 0.284. The van der Waals surface area contributed by atoms with E-state index in [9.17, 15) is 9.59 Å². The number of ether oxygens (including phenoxy) is 1. The van der Waals surface area contributed by atoms with Crippen molar-refractivity contribution in [2.24, 2.45) is 0 Å². The lowest BCUT2D eigenvalue weighted by Crippen LogP contribution is -2.20. The van der Waals surface area contributed by atoms with Crippen LogP contribution < -0.4 is 15.4 Å². The van der Waals surface area contributed by atoms with Gasteiger partial charge in [-0.1, -0.05) is 41.3 Å². The van der Waals surface area contributed by atoms with E-state index in [-0.39, 0.29) is 24.2 Å². The number of hydrogen-bond donors (Lipinski definition) is 2. The minimum atomic E-state index is -0.330. The van der Waals surface area contributed by atoms with Crippen LogP contribution in [0.1, 0.15) is 0 Å². The van der Waals surface area contributed by atoms with Crippen molar-refractivity contribution in [2.75, 3.05) is 23.0 Å². The number of hydrogen-bond acceptors (Lipinski definition) is 9. The molecule has 3 rings (SSSR count). The van der Waals surface area contributed by atoms with Gasteiger partial charge in [-0.15, -0.1) is 21.5 Å². The van der Waals surface area contributed by atoms with E-state index in [0.29, 0.717) is 20.4 Å². The van der Waals surface area contributed by atoms with E-state index in [0.717, 1.165) is 0 Å². The second-order valence-corrected chi connectivity index (χ2v) is 7.79. The maximum absolute atomic E-state index is 11.9. The number of carbonyl (C=O) groups excluding carboxylic acids is 2. The van der Waals surface area contributed by atoms with E-state index >= 15 is 0 Å². The van der Waals surface area contributed by atoms with Crippen LogP contribution in [-0.4, -0.2) is 39.4 Å². The molecule has 2 N–H and O–H groups in total. The molecule has 134 valence electrons. The molecule has 3 aromatic rings. The molecule has 0 saturated heterocycles. The number of anilines is 2. The number of thiazole rings is 1. The Labute approximate surface area is 161 Å². The Morgan fingerprint density at radius 1 is 1.08 bits per heavy atom. The molecular weight excluding hydrogens is 394 g/mol. The Morgan fingerprint density at radius 2 is 1.88 bits per heavy atom. The summed E-state index contributed by atoms with van der Waals surface area (Å²) in [5.41, 5.74) is 0. The monoisotopic (exact) mass is 407 g/mol. The molecule has 0 aliphatic carbocycles. The third-order valence-corrected chi connectivity index (χ3v) is 5.43. The van der Waals surface area contributed by atoms with Crippen LogP contribution in [0.2, 0.25) is 0 Å². The third kappa shape index (κ3) is 5.79. The fourth-order valence-corrected chi connectivity index (χ4v) is 3.82. The zero-order chi connectivity index (χ0) is 18.2. The van der Waals surface area contributed by atoms with Crippen molar-refractivity contribution in [3.05, 3.63) is 41.9 Å². The summed E-state index contributed by atoms with van der Waals surface area (Å²) in [4.78, 5) is 27.6. The van der Waals surface area contributed by atoms with Crippen molar-refractivity contribution in [1.29, 1.82) is 0 Å². The molecule has 1 aromatic carbocycles. The summed E-state index contributed by atoms with van der Waals surface area (Å²) in [7, 11) is 0. The van der Waals surface area contributed by atoms with Gasteiger partial charge in [-0.2, -0.15) is 0 Å². The van der Waals surface area contributed by atoms with Crippen molar-refractivity contribution < 1.29 is 14.3 Å². The highest BCUT2D eigenvalue weighted by Crippen LogP contribution is 2.25. The molecule has 0 saturated carbocycles. The first-order chi connectivity index (χ1) is 12.7. The van der Waals surface area contributed by atoms with Crippen molar-refractivity contribution in [2.45, 2.75) is 4.34 Å². The molecule has 2 aromatic heterocycles. The van der Waals surface area contributed by atoms with Crippen molar-refractivity contribution in [3.63, 3.8) is 0 Å². The largest absolute Gasteiger partial charge is 0.484 e. The standard InChI is InChI=1S/C15H13N5O3S3/c21-11(8-23-10-4-2-1-3-5-10)17-14-19-20-15(26-14)25-9-12(22)18-13-16-6-7-24-13/h1-7H,8-9H2,(H,16,18,22)(H,17,19,21). The van der Waals surface area contributed by atoms with Gasteiger partial charge in [-0.3, -0.25) is 14.9 Å². The number of amides is 2. The summed E-state index contributed by atoms with van der Waals surface area (Å²) >= 11 is 3.78. The molecule has 26 heavy (non-hydrogen) atoms. The fourth-order valence-electron chi connectivity index (χ4n) is 1.71. The Kier molecular flexibility index (Phi) is 6.52. The summed E-state index contributed by atoms with van der Waals surface area (Å²) in [6, 6.07) is 9.05. The first-order valence-corrected chi connectivity index (χ1v) is 10.0. The number of nitrogens with one attached hydrogen (secondary N) is 2. The van der Waals surface area contributed by atoms with Crippen LogP contribution in [0.5, 0.6) is 5.75 Å². The molecule has 11 heteroatoms. The maximum Gasteiger partial charge on any atom is 0.264 e. The highest BCUT2D eigenvalue weighted by atomic mass is 32.2. The minimum absolute atomic E-state index is 0.123. The number of thioether (sulfide) groups is 1. The molecule has 0 unspecified atom stereocenters. The molecule has 0 radical (unpaired) electrons. The van der Waals surface area contributed by atoms with Crippen LogP contribution in [0.4, 0.5) is 10.3 Å². The number of nitrogens with zero attached hydrogens (tertiary/aromatic N) is 3. The van der Waals surface area contributed by atoms with E-state index in [1.54, 1.807) is 23.7 Å². The highest BCUT2D eigenvalue weighted by Gasteiger charge is 2.11. The average Bonchev–Trinajstić information content (AvgIpc) is 3.31. The minimum Gasteiger partial charge on any atom is -0.484 e. The van der Waals surface area contributed by atoms with Gasteiger partial charge in [-0.25, -0.2) is 4.98 Å². The van der Waals surface area contributed by atoms with Gasteiger partial charge in [0.2, 0.25) is 11.0 Å². The summed E-state index contributed by atoms with van der Waals surface area (Å²) in [6.07, 6.45) is 1.62. The van der Waals surface area contributed by atoms with Crippen LogP contribution in [-0.2, 0) is 9.59 Å². The summed E-state index contributed by atoms with van der Waals surface area (Å²) < 4.78 is 5.94. The predicted octanol–water partition coefficient (Wildman–Crippen LogP) is 2.74. The topological polar surface area (TPSA) is 106 Å². The molecule has 0 atom stereocenters. The molecule has 0 fully saturated rings. The van der Waals surface area contributed by atoms with E-state index in [1.165, 1.54) is 34.4 Å². The molecule has 8 nitrogen and oxygen atoms in total. The summed E-state index contributed by atoms with van der Waals surface area (Å²) in [5, 5.41) is 15.8. The Bertz CT molecular complexity index is 855. The van der Waals surface area contributed by atoms with E-state index in [4.69, 9.17) is 4.74 Å². The first-order valence-electron chi connectivity index (χ1n) is 7.32. The Balaban J connectivity index is 1.41. The second kappa shape index (κ2) is 9.27. The van der Waals surface area contributed by atoms with Crippen molar-refractivity contribution in [3.8, 4) is 5.75 Å². The fraction of sp³-hybridized carbons (Fsp3) is 0.133. The lowest BCUT2D eigenvalue weighted by Gasteiger charge is -2.04. The molecule has 2 heterocycles. The number of para-hydroxylation sites is 1. The predicted molar refractivity (Wildman–Crippen MR) is 102 cm³/mol. The van der Waals surface area contributed by atoms with E-state index in [1.807, 2.05) is 18.2 Å². The van der Waals surface area contributed by atoms with E-state index in [2.05, 4.69) is 25.8 Å². The van der Waals surface area contributed by atoms with Gasteiger partial charge in [0.25, 0.3) is 5.91 Å². The van der Waals surface area contributed by atoms with Crippen LogP contribution in [0, 0.1) is 0 Å². The molecular formula is C15H13N5O3S3. The maximum atomic E-state index is 11.9. The Morgan fingerprint density at radius 3 is 2.65 bits per heavy atom. The van der Waals surface area contributed by atoms with Crippen molar-refractivity contribution in [1.82, 2.24) is 15.2 Å². The number of rotatable bonds is 8. The first kappa shape index (κ1) is 18.3. The number of benzene rings is 1. The second-order valence-electron chi connectivity index (χ2n) is 4.70. The van der Waals surface area contributed by atoms with Crippen molar-refractivity contribution >= 4 is 56.5 Å². The van der Waals surface area contributed by atoms with Crippen LogP contribution in [0.3, 0.4) is 0 Å². The van der Waals surface area contributed by atoms with E-state index < -0.39 is 0 Å². The smallest absolute Gasteiger partial charge is 0.264 e. The summed E-state index contributed by atoms with van der Waals surface area (Å²) in [6.45, 7) is -0.123. The average molecular weight is 408 g/mol. The molecule has 0 bridgehead atoms.